The largest absolute Gasteiger partial charge is 0.479 e. The number of nitrogens with one attached hydrogen (secondary N) is 3. The van der Waals surface area contributed by atoms with E-state index in [0.29, 0.717) is 0 Å². The third kappa shape index (κ3) is 11.2. The van der Waals surface area contributed by atoms with Gasteiger partial charge in [0.25, 0.3) is 0 Å². The lowest BCUT2D eigenvalue weighted by molar-refractivity contribution is -0.388. The van der Waals surface area contributed by atoms with Gasteiger partial charge in [0.05, 0.1) is 24.9 Å². The number of hydrogen-bond donors (Lipinski definition) is 14. The van der Waals surface area contributed by atoms with Crippen LogP contribution in [0.5, 0.6) is 0 Å². The van der Waals surface area contributed by atoms with Crippen LogP contribution in [0.3, 0.4) is 0 Å². The quantitative estimate of drug-likeness (QED) is 0.0816. The van der Waals surface area contributed by atoms with Gasteiger partial charge < -0.3 is 115 Å². The minimum Gasteiger partial charge on any atom is -0.479 e. The molecular formula is C36H59N3O24. The first-order valence-corrected chi connectivity index (χ1v) is 20.1. The molecule has 5 aliphatic heterocycles. The average molecular weight is 918 g/mol. The lowest BCUT2D eigenvalue weighted by atomic mass is 9.93. The van der Waals surface area contributed by atoms with Crippen LogP contribution in [0, 0.1) is 0 Å². The molecule has 15 unspecified atom stereocenters. The zero-order valence-electron chi connectivity index (χ0n) is 34.9. The van der Waals surface area contributed by atoms with Gasteiger partial charge in [-0.25, -0.2) is 4.79 Å². The molecule has 0 bridgehead atoms. The molecule has 5 fully saturated rings. The summed E-state index contributed by atoms with van der Waals surface area (Å²) in [7, 11) is 0. The molecule has 14 N–H and O–H groups in total. The Kier molecular flexibility index (Phi) is 17.2. The van der Waals surface area contributed by atoms with Crippen LogP contribution in [-0.4, -0.2) is 240 Å². The van der Waals surface area contributed by atoms with E-state index in [2.05, 4.69) is 16.0 Å². The van der Waals surface area contributed by atoms with Gasteiger partial charge in [0.2, 0.25) is 17.7 Å². The molecule has 0 saturated carbocycles. The maximum Gasteiger partial charge on any atom is 0.335 e. The Bertz CT molecular complexity index is 1580. The maximum absolute atomic E-state index is 13.0. The number of ether oxygens (including phenoxy) is 9. The highest BCUT2D eigenvalue weighted by Gasteiger charge is 2.58. The molecule has 27 heteroatoms. The van der Waals surface area contributed by atoms with Crippen LogP contribution in [0.2, 0.25) is 0 Å². The van der Waals surface area contributed by atoms with Crippen molar-refractivity contribution in [3.63, 3.8) is 0 Å². The zero-order valence-corrected chi connectivity index (χ0v) is 34.9. The lowest BCUT2D eigenvalue weighted by Crippen LogP contribution is -2.71. The number of carbonyl (C=O) groups is 4. The normalized spacial score (nSPS) is 48.2. The topological polar surface area (TPSA) is 410 Å². The van der Waals surface area contributed by atoms with Crippen molar-refractivity contribution in [2.24, 2.45) is 0 Å². The standard InChI is InChI=1S/C36H59N3O24/c1-8-18(44)21(47)15(37-11(4)41)33(56-8)63-30-24(50)23(49)29(31(52)53)62-36(30)61-28-17(39-13(6)43)34(60-27-16(38-12(5)42)32(54)55-9(2)19(27)45)57-10(3)26(28)59-35-25(51)22(48)20(46)14(7-40)58-35/h8-10,14-30,32-36,40,44-51,54H,7H2,1-6H3,(H,37,41)(H,38,42)(H,39,43)(H,52,53)/t8?,9?,10?,14?,15?,16?,17?,18-,19-,20-,21?,22?,23+,24?,25?,26-,27?,28?,29?,30?,32-,33+,34+,35+,36-/m1/s1. The predicted molar refractivity (Wildman–Crippen MR) is 198 cm³/mol. The van der Waals surface area contributed by atoms with Gasteiger partial charge in [-0.05, 0) is 20.8 Å². The van der Waals surface area contributed by atoms with E-state index in [1.807, 2.05) is 0 Å². The third-order valence-corrected chi connectivity index (χ3v) is 11.4. The smallest absolute Gasteiger partial charge is 0.335 e. The number of aliphatic hydroxyl groups excluding tert-OH is 10. The lowest BCUT2D eigenvalue weighted by Gasteiger charge is -2.52. The van der Waals surface area contributed by atoms with Crippen LogP contribution in [0.4, 0.5) is 0 Å². The Balaban J connectivity index is 1.60. The second-order valence-electron chi connectivity index (χ2n) is 16.1. The number of rotatable bonds is 13. The van der Waals surface area contributed by atoms with Crippen molar-refractivity contribution >= 4 is 23.7 Å². The van der Waals surface area contributed by atoms with Gasteiger partial charge in [-0.15, -0.1) is 0 Å². The monoisotopic (exact) mass is 917 g/mol. The van der Waals surface area contributed by atoms with Crippen molar-refractivity contribution in [2.45, 2.75) is 195 Å². The van der Waals surface area contributed by atoms with E-state index in [-0.39, 0.29) is 0 Å². The Morgan fingerprint density at radius 1 is 0.460 bits per heavy atom. The van der Waals surface area contributed by atoms with Gasteiger partial charge in [-0.3, -0.25) is 14.4 Å². The highest BCUT2D eigenvalue weighted by atomic mass is 16.8. The van der Waals surface area contributed by atoms with Gasteiger partial charge in [-0.2, -0.15) is 0 Å². The minimum atomic E-state index is -2.26. The van der Waals surface area contributed by atoms with Crippen LogP contribution in [0.25, 0.3) is 0 Å². The fraction of sp³-hybridized carbons (Fsp3) is 0.889. The summed E-state index contributed by atoms with van der Waals surface area (Å²) in [5.41, 5.74) is 0. The number of carboxylic acid groups (broad SMARTS) is 1. The van der Waals surface area contributed by atoms with E-state index >= 15 is 0 Å². The van der Waals surface area contributed by atoms with Crippen LogP contribution in [0.15, 0.2) is 0 Å². The molecule has 0 radical (unpaired) electrons. The predicted octanol–water partition coefficient (Wildman–Crippen LogP) is -8.32. The van der Waals surface area contributed by atoms with E-state index < -0.39 is 184 Å². The van der Waals surface area contributed by atoms with Gasteiger partial charge in [0.1, 0.15) is 97.5 Å². The van der Waals surface area contributed by atoms with Crippen molar-refractivity contribution < 1.29 is 118 Å². The average Bonchev–Trinajstić information content (AvgIpc) is 3.20. The molecule has 5 rings (SSSR count). The summed E-state index contributed by atoms with van der Waals surface area (Å²) in [6.45, 7) is 6.40. The summed E-state index contributed by atoms with van der Waals surface area (Å²) in [5.74, 6) is -4.05. The van der Waals surface area contributed by atoms with Crippen LogP contribution in [0.1, 0.15) is 41.5 Å². The van der Waals surface area contributed by atoms with Crippen molar-refractivity contribution in [1.82, 2.24) is 16.0 Å². The van der Waals surface area contributed by atoms with Gasteiger partial charge in [0.15, 0.2) is 37.6 Å². The summed E-state index contributed by atoms with van der Waals surface area (Å²) in [6, 6.07) is -4.75. The van der Waals surface area contributed by atoms with Gasteiger partial charge in [0, 0.05) is 20.8 Å². The molecule has 25 atom stereocenters. The third-order valence-electron chi connectivity index (χ3n) is 11.4. The Morgan fingerprint density at radius 3 is 1.56 bits per heavy atom. The van der Waals surface area contributed by atoms with Gasteiger partial charge in [-0.1, -0.05) is 0 Å². The molecule has 63 heavy (non-hydrogen) atoms. The van der Waals surface area contributed by atoms with E-state index in [4.69, 9.17) is 42.6 Å². The summed E-state index contributed by atoms with van der Waals surface area (Å²) >= 11 is 0. The number of carbonyl (C=O) groups excluding carboxylic acids is 3. The summed E-state index contributed by atoms with van der Waals surface area (Å²) in [6.07, 6.45) is -39.3. The summed E-state index contributed by atoms with van der Waals surface area (Å²) < 4.78 is 53.3. The maximum atomic E-state index is 13.0. The second kappa shape index (κ2) is 21.2. The van der Waals surface area contributed by atoms with Crippen LogP contribution < -0.4 is 16.0 Å². The Hall–Kier alpha value is -2.88. The molecule has 27 nitrogen and oxygen atoms in total. The number of amides is 3. The molecule has 0 spiro atoms. The molecule has 0 aliphatic carbocycles. The van der Waals surface area contributed by atoms with E-state index in [9.17, 15) is 75.3 Å². The molecule has 0 aromatic rings. The molecule has 0 aromatic carbocycles. The molecule has 362 valence electrons. The first-order chi connectivity index (χ1) is 29.5. The van der Waals surface area contributed by atoms with E-state index in [1.165, 1.54) is 20.8 Å². The molecule has 0 aromatic heterocycles. The first-order valence-electron chi connectivity index (χ1n) is 20.1. The Morgan fingerprint density at radius 2 is 0.968 bits per heavy atom. The van der Waals surface area contributed by atoms with E-state index in [1.54, 1.807) is 0 Å². The fourth-order valence-corrected chi connectivity index (χ4v) is 8.06. The van der Waals surface area contributed by atoms with Crippen molar-refractivity contribution in [2.75, 3.05) is 6.61 Å². The number of aliphatic carboxylic acids is 1. The number of carboxylic acids is 1. The first kappa shape index (κ1) is 51.1. The van der Waals surface area contributed by atoms with Crippen molar-refractivity contribution in [3.8, 4) is 0 Å². The number of hydrogen-bond acceptors (Lipinski definition) is 23. The van der Waals surface area contributed by atoms with Gasteiger partial charge >= 0.3 is 5.97 Å². The highest BCUT2D eigenvalue weighted by Crippen LogP contribution is 2.37. The van der Waals surface area contributed by atoms with Crippen LogP contribution >= 0.6 is 0 Å². The summed E-state index contributed by atoms with van der Waals surface area (Å²) in [4.78, 5) is 49.8. The molecule has 5 saturated heterocycles. The highest BCUT2D eigenvalue weighted by molar-refractivity contribution is 5.74. The van der Waals surface area contributed by atoms with E-state index in [0.717, 1.165) is 20.8 Å². The Labute approximate surface area is 359 Å². The molecular weight excluding hydrogens is 858 g/mol. The van der Waals surface area contributed by atoms with Crippen molar-refractivity contribution in [3.05, 3.63) is 0 Å². The van der Waals surface area contributed by atoms with Crippen LogP contribution in [-0.2, 0) is 61.8 Å². The molecule has 3 amide bonds. The number of aliphatic hydroxyl groups is 10. The summed E-state index contributed by atoms with van der Waals surface area (Å²) in [5, 5.41) is 125. The minimum absolute atomic E-state index is 0.683. The molecule has 5 aliphatic rings. The zero-order chi connectivity index (χ0) is 46.9. The second-order valence-corrected chi connectivity index (χ2v) is 16.1. The fourth-order valence-electron chi connectivity index (χ4n) is 8.06. The molecule has 5 heterocycles. The SMILES string of the molecule is CC(=O)NC1C(O)[C@H](O)C(C)O[C@H]1OC1C(O)[C@H](O)C(C(=O)O)O[C@H]1OC1C(NC(C)=O)[C@H](OC2C(NC(C)=O)[C@H](O)OC(C)[C@H]2O)OC(C)[C@H]1O[C@@H]1OC(CO)[C@@H](O)C(O)C1O. The van der Waals surface area contributed by atoms with Crippen molar-refractivity contribution in [1.29, 1.82) is 0 Å².